The number of benzene rings is 2. The first-order chi connectivity index (χ1) is 11.1. The monoisotopic (exact) mass is 392 g/mol. The molecule has 2 rings (SSSR count). The number of carbonyl (C=O) groups is 1. The fourth-order valence-corrected chi connectivity index (χ4v) is 3.36. The Kier molecular flexibility index (Phi) is 7.15. The molecule has 0 fully saturated rings. The maximum absolute atomic E-state index is 12.6. The van der Waals surface area contributed by atoms with Gasteiger partial charge in [-0.05, 0) is 36.9 Å². The molecule has 0 saturated heterocycles. The van der Waals surface area contributed by atoms with Crippen LogP contribution in [0.4, 0.5) is 0 Å². The van der Waals surface area contributed by atoms with Crippen LogP contribution in [-0.2, 0) is 5.75 Å². The lowest BCUT2D eigenvalue weighted by atomic mass is 10.2. The number of carbonyl (C=O) groups excluding carboxylic acids is 1. The average Bonchev–Trinajstić information content (AvgIpc) is 2.58. The van der Waals surface area contributed by atoms with E-state index < -0.39 is 0 Å². The number of hydrogen-bond acceptors (Lipinski definition) is 3. The van der Waals surface area contributed by atoms with Gasteiger partial charge >= 0.3 is 0 Å². The van der Waals surface area contributed by atoms with E-state index in [0.717, 1.165) is 27.2 Å². The van der Waals surface area contributed by atoms with Gasteiger partial charge in [0.2, 0.25) is 0 Å². The van der Waals surface area contributed by atoms with Gasteiger partial charge in [0, 0.05) is 35.3 Å². The maximum atomic E-state index is 12.6. The van der Waals surface area contributed by atoms with Crippen LogP contribution >= 0.6 is 27.7 Å². The van der Waals surface area contributed by atoms with E-state index in [-0.39, 0.29) is 5.91 Å². The molecule has 2 aromatic rings. The second-order valence-corrected chi connectivity index (χ2v) is 7.17. The lowest BCUT2D eigenvalue weighted by Gasteiger charge is -2.18. The summed E-state index contributed by atoms with van der Waals surface area (Å²) in [6, 6.07) is 16.1. The topological polar surface area (TPSA) is 32.3 Å². The van der Waals surface area contributed by atoms with Gasteiger partial charge in [0.15, 0.2) is 0 Å². The van der Waals surface area contributed by atoms with Crippen molar-refractivity contribution in [2.24, 2.45) is 0 Å². The number of amides is 1. The van der Waals surface area contributed by atoms with E-state index in [1.165, 1.54) is 5.56 Å². The van der Waals surface area contributed by atoms with Crippen LogP contribution < -0.4 is 5.32 Å². The van der Waals surface area contributed by atoms with E-state index >= 15 is 0 Å². The van der Waals surface area contributed by atoms with Crippen molar-refractivity contribution < 1.29 is 4.79 Å². The minimum atomic E-state index is 0.0687. The van der Waals surface area contributed by atoms with Gasteiger partial charge in [-0.2, -0.15) is 0 Å². The predicted octanol–water partition coefficient (Wildman–Crippen LogP) is 4.03. The van der Waals surface area contributed by atoms with E-state index in [4.69, 9.17) is 0 Å². The summed E-state index contributed by atoms with van der Waals surface area (Å²) in [5.74, 6) is 0.914. The summed E-state index contributed by atoms with van der Waals surface area (Å²) in [7, 11) is 3.73. The second kappa shape index (κ2) is 9.11. The number of nitrogens with zero attached hydrogens (tertiary/aromatic N) is 1. The fourth-order valence-electron chi connectivity index (χ4n) is 2.10. The summed E-state index contributed by atoms with van der Waals surface area (Å²) in [5.41, 5.74) is 2.01. The molecule has 0 unspecified atom stereocenters. The zero-order valence-corrected chi connectivity index (χ0v) is 15.8. The average molecular weight is 393 g/mol. The molecule has 0 spiro atoms. The molecular formula is C18H21BrN2OS. The van der Waals surface area contributed by atoms with Crippen LogP contribution in [-0.4, -0.2) is 38.0 Å². The summed E-state index contributed by atoms with van der Waals surface area (Å²) in [6.45, 7) is 1.48. The highest BCUT2D eigenvalue weighted by Crippen LogP contribution is 2.27. The minimum absolute atomic E-state index is 0.0687. The second-order valence-electron chi connectivity index (χ2n) is 5.24. The Balaban J connectivity index is 2.07. The van der Waals surface area contributed by atoms with Crippen LogP contribution in [0.15, 0.2) is 57.9 Å². The van der Waals surface area contributed by atoms with Crippen LogP contribution in [0.3, 0.4) is 0 Å². The minimum Gasteiger partial charge on any atom is -0.340 e. The number of likely N-dealkylation sites (N-methyl/N-ethyl adjacent to an activating group) is 2. The Morgan fingerprint density at radius 3 is 2.57 bits per heavy atom. The fraction of sp³-hybridized carbons (Fsp3) is 0.278. The highest BCUT2D eigenvalue weighted by molar-refractivity contribution is 9.10. The van der Waals surface area contributed by atoms with Crippen LogP contribution in [0.2, 0.25) is 0 Å². The van der Waals surface area contributed by atoms with E-state index in [2.05, 4.69) is 33.4 Å². The summed E-state index contributed by atoms with van der Waals surface area (Å²) in [6.07, 6.45) is 0. The normalized spacial score (nSPS) is 10.6. The number of rotatable bonds is 7. The van der Waals surface area contributed by atoms with Crippen LogP contribution in [0.1, 0.15) is 15.9 Å². The number of nitrogens with one attached hydrogen (secondary N) is 1. The van der Waals surface area contributed by atoms with E-state index in [0.29, 0.717) is 6.54 Å². The first kappa shape index (κ1) is 18.0. The van der Waals surface area contributed by atoms with Crippen molar-refractivity contribution in [3.8, 4) is 0 Å². The molecule has 0 radical (unpaired) electrons. The first-order valence-electron chi connectivity index (χ1n) is 7.48. The van der Waals surface area contributed by atoms with Crippen LogP contribution in [0.5, 0.6) is 0 Å². The third-order valence-electron chi connectivity index (χ3n) is 3.47. The molecule has 5 heteroatoms. The molecule has 0 aliphatic rings. The van der Waals surface area contributed by atoms with Gasteiger partial charge in [0.1, 0.15) is 0 Å². The Bertz CT molecular complexity index is 646. The van der Waals surface area contributed by atoms with Gasteiger partial charge in [0.25, 0.3) is 5.91 Å². The molecule has 23 heavy (non-hydrogen) atoms. The largest absolute Gasteiger partial charge is 0.340 e. The van der Waals surface area contributed by atoms with Crippen molar-refractivity contribution >= 4 is 33.6 Å². The Hall–Kier alpha value is -1.30. The molecule has 0 heterocycles. The zero-order valence-electron chi connectivity index (χ0n) is 13.4. The van der Waals surface area contributed by atoms with Crippen molar-refractivity contribution in [3.63, 3.8) is 0 Å². The molecule has 1 N–H and O–H groups in total. The highest BCUT2D eigenvalue weighted by atomic mass is 79.9. The molecule has 2 aromatic carbocycles. The molecule has 122 valence electrons. The van der Waals surface area contributed by atoms with Gasteiger partial charge in [-0.25, -0.2) is 0 Å². The molecule has 0 aliphatic carbocycles. The van der Waals surface area contributed by atoms with E-state index in [1.54, 1.807) is 16.7 Å². The number of hydrogen-bond donors (Lipinski definition) is 1. The van der Waals surface area contributed by atoms with Gasteiger partial charge in [-0.1, -0.05) is 40.2 Å². The quantitative estimate of drug-likeness (QED) is 0.721. The lowest BCUT2D eigenvalue weighted by Crippen LogP contribution is -2.33. The molecule has 0 saturated carbocycles. The van der Waals surface area contributed by atoms with E-state index in [9.17, 15) is 4.79 Å². The van der Waals surface area contributed by atoms with E-state index in [1.807, 2.05) is 50.5 Å². The van der Waals surface area contributed by atoms with Crippen molar-refractivity contribution in [1.82, 2.24) is 10.2 Å². The van der Waals surface area contributed by atoms with Gasteiger partial charge in [0.05, 0.1) is 5.56 Å². The standard InChI is InChI=1S/C18H21BrN2OS/c1-20-11-12-21(2)18(22)16-5-3-4-6-17(16)23-13-14-7-9-15(19)10-8-14/h3-10,20H,11-13H2,1-2H3. The number of thioether (sulfide) groups is 1. The Morgan fingerprint density at radius 2 is 1.87 bits per heavy atom. The summed E-state index contributed by atoms with van der Waals surface area (Å²) in [4.78, 5) is 15.4. The van der Waals surface area contributed by atoms with Crippen LogP contribution in [0.25, 0.3) is 0 Å². The predicted molar refractivity (Wildman–Crippen MR) is 101 cm³/mol. The van der Waals surface area contributed by atoms with Gasteiger partial charge in [-0.15, -0.1) is 11.8 Å². The number of halogens is 1. The zero-order chi connectivity index (χ0) is 16.7. The third kappa shape index (κ3) is 5.37. The highest BCUT2D eigenvalue weighted by Gasteiger charge is 2.15. The summed E-state index contributed by atoms with van der Waals surface area (Å²) >= 11 is 5.14. The smallest absolute Gasteiger partial charge is 0.254 e. The Morgan fingerprint density at radius 1 is 1.17 bits per heavy atom. The third-order valence-corrected chi connectivity index (χ3v) is 5.14. The molecule has 0 aliphatic heterocycles. The van der Waals surface area contributed by atoms with Crippen LogP contribution in [0, 0.1) is 0 Å². The molecular weight excluding hydrogens is 372 g/mol. The molecule has 0 bridgehead atoms. The first-order valence-corrected chi connectivity index (χ1v) is 9.26. The Labute approximate surface area is 150 Å². The SMILES string of the molecule is CNCCN(C)C(=O)c1ccccc1SCc1ccc(Br)cc1. The van der Waals surface area contributed by atoms with Gasteiger partial charge in [-0.3, -0.25) is 4.79 Å². The molecule has 0 aromatic heterocycles. The maximum Gasteiger partial charge on any atom is 0.254 e. The lowest BCUT2D eigenvalue weighted by molar-refractivity contribution is 0.0793. The van der Waals surface area contributed by atoms with Crippen molar-refractivity contribution in [1.29, 1.82) is 0 Å². The van der Waals surface area contributed by atoms with Crippen molar-refractivity contribution in [3.05, 3.63) is 64.1 Å². The van der Waals surface area contributed by atoms with Gasteiger partial charge < -0.3 is 10.2 Å². The molecule has 0 atom stereocenters. The molecule has 3 nitrogen and oxygen atoms in total. The summed E-state index contributed by atoms with van der Waals surface area (Å²) in [5, 5.41) is 3.07. The van der Waals surface area contributed by atoms with Crippen molar-refractivity contribution in [2.45, 2.75) is 10.6 Å². The van der Waals surface area contributed by atoms with Crippen molar-refractivity contribution in [2.75, 3.05) is 27.2 Å². The molecule has 1 amide bonds. The summed E-state index contributed by atoms with van der Waals surface area (Å²) < 4.78 is 1.08.